The summed E-state index contributed by atoms with van der Waals surface area (Å²) >= 11 is 5.89. The lowest BCUT2D eigenvalue weighted by molar-refractivity contribution is 0.180. The first-order chi connectivity index (χ1) is 11.2. The molecular formula is C17H30ClIN4O. The molecule has 0 aromatic heterocycles. The molecule has 0 heterocycles. The molecule has 1 rings (SSSR count). The van der Waals surface area contributed by atoms with Gasteiger partial charge in [-0.05, 0) is 37.6 Å². The lowest BCUT2D eigenvalue weighted by atomic mass is 10.1. The minimum Gasteiger partial charge on any atom is -0.385 e. The maximum atomic E-state index is 5.89. The van der Waals surface area contributed by atoms with Crippen LogP contribution in [0.5, 0.6) is 0 Å². The van der Waals surface area contributed by atoms with Crippen LogP contribution in [0.25, 0.3) is 0 Å². The summed E-state index contributed by atoms with van der Waals surface area (Å²) in [6, 6.07) is 7.94. The van der Waals surface area contributed by atoms with Crippen molar-refractivity contribution >= 4 is 41.5 Å². The van der Waals surface area contributed by atoms with E-state index in [0.29, 0.717) is 0 Å². The number of likely N-dealkylation sites (N-methyl/N-ethyl adjacent to an activating group) is 1. The number of nitrogens with one attached hydrogen (secondary N) is 2. The maximum absolute atomic E-state index is 5.89. The van der Waals surface area contributed by atoms with Crippen LogP contribution in [0.2, 0.25) is 5.02 Å². The molecule has 0 unspecified atom stereocenters. The van der Waals surface area contributed by atoms with Crippen molar-refractivity contribution in [2.45, 2.75) is 12.8 Å². The molecule has 2 N–H and O–H groups in total. The Balaban J connectivity index is 0.00000529. The molecule has 7 heteroatoms. The van der Waals surface area contributed by atoms with E-state index in [1.807, 2.05) is 12.1 Å². The van der Waals surface area contributed by atoms with E-state index in [0.717, 1.165) is 56.6 Å². The van der Waals surface area contributed by atoms with E-state index in [9.17, 15) is 0 Å². The first-order valence-electron chi connectivity index (χ1n) is 8.02. The second kappa shape index (κ2) is 14.7. The number of rotatable bonds is 10. The molecule has 0 fully saturated rings. The third kappa shape index (κ3) is 11.1. The number of aliphatic imine (C=N–C) groups is 1. The summed E-state index contributed by atoms with van der Waals surface area (Å²) in [5.74, 6) is 0.837. The average molecular weight is 469 g/mol. The van der Waals surface area contributed by atoms with E-state index in [4.69, 9.17) is 16.3 Å². The molecule has 0 amide bonds. The van der Waals surface area contributed by atoms with Gasteiger partial charge in [0, 0.05) is 52.0 Å². The van der Waals surface area contributed by atoms with Crippen LogP contribution in [-0.2, 0) is 11.2 Å². The van der Waals surface area contributed by atoms with Crippen molar-refractivity contribution in [3.05, 3.63) is 34.9 Å². The average Bonchev–Trinajstić information content (AvgIpc) is 2.55. The van der Waals surface area contributed by atoms with Crippen molar-refractivity contribution < 1.29 is 4.74 Å². The van der Waals surface area contributed by atoms with Gasteiger partial charge in [-0.1, -0.05) is 23.7 Å². The van der Waals surface area contributed by atoms with Gasteiger partial charge in [-0.15, -0.1) is 24.0 Å². The minimum atomic E-state index is 0. The fourth-order valence-electron chi connectivity index (χ4n) is 2.15. The molecule has 0 bridgehead atoms. The Morgan fingerprint density at radius 1 is 1.17 bits per heavy atom. The Hall–Kier alpha value is -0.570. The summed E-state index contributed by atoms with van der Waals surface area (Å²) in [5, 5.41) is 7.43. The molecule has 0 saturated carbocycles. The number of hydrogen-bond acceptors (Lipinski definition) is 3. The summed E-state index contributed by atoms with van der Waals surface area (Å²) in [6.45, 7) is 4.53. The van der Waals surface area contributed by atoms with Gasteiger partial charge in [0.15, 0.2) is 5.96 Å². The molecule has 5 nitrogen and oxygen atoms in total. The molecule has 0 radical (unpaired) electrons. The van der Waals surface area contributed by atoms with E-state index >= 15 is 0 Å². The molecule has 1 aromatic rings. The Bertz CT molecular complexity index is 456. The molecule has 138 valence electrons. The first kappa shape index (κ1) is 23.4. The lowest BCUT2D eigenvalue weighted by Crippen LogP contribution is -2.41. The van der Waals surface area contributed by atoms with Crippen LogP contribution < -0.4 is 10.6 Å². The molecule has 1 aromatic carbocycles. The molecule has 0 saturated heterocycles. The third-order valence-electron chi connectivity index (χ3n) is 3.52. The van der Waals surface area contributed by atoms with Crippen LogP contribution in [0.1, 0.15) is 12.0 Å². The standard InChI is InChI=1S/C17H29ClN4O.HI/c1-19-17(21-11-13-22(2)12-4-14-23-3)20-10-9-15-5-7-16(18)8-6-15;/h5-8H,4,9-14H2,1-3H3,(H2,19,20,21);1H. The van der Waals surface area contributed by atoms with E-state index in [1.165, 1.54) is 5.56 Å². The fraction of sp³-hybridized carbons (Fsp3) is 0.588. The van der Waals surface area contributed by atoms with Crippen molar-refractivity contribution in [1.82, 2.24) is 15.5 Å². The van der Waals surface area contributed by atoms with E-state index in [1.54, 1.807) is 14.2 Å². The summed E-state index contributed by atoms with van der Waals surface area (Å²) in [7, 11) is 5.65. The zero-order valence-corrected chi connectivity index (χ0v) is 17.9. The number of halogens is 2. The number of benzene rings is 1. The number of ether oxygens (including phenoxy) is 1. The summed E-state index contributed by atoms with van der Waals surface area (Å²) < 4.78 is 5.06. The zero-order valence-electron chi connectivity index (χ0n) is 14.8. The summed E-state index contributed by atoms with van der Waals surface area (Å²) in [4.78, 5) is 6.53. The van der Waals surface area contributed by atoms with Crippen molar-refractivity contribution in [2.24, 2.45) is 4.99 Å². The predicted octanol–water partition coefficient (Wildman–Crippen LogP) is 2.63. The monoisotopic (exact) mass is 468 g/mol. The van der Waals surface area contributed by atoms with E-state index in [2.05, 4.69) is 39.7 Å². The zero-order chi connectivity index (χ0) is 16.9. The highest BCUT2D eigenvalue weighted by atomic mass is 127. The van der Waals surface area contributed by atoms with E-state index in [-0.39, 0.29) is 24.0 Å². The lowest BCUT2D eigenvalue weighted by Gasteiger charge is -2.18. The smallest absolute Gasteiger partial charge is 0.191 e. The van der Waals surface area contributed by atoms with Crippen LogP contribution in [0.4, 0.5) is 0 Å². The van der Waals surface area contributed by atoms with Gasteiger partial charge in [0.05, 0.1) is 0 Å². The van der Waals surface area contributed by atoms with Crippen molar-refractivity contribution in [1.29, 1.82) is 0 Å². The Kier molecular flexibility index (Phi) is 14.4. The molecule has 0 aliphatic carbocycles. The molecule has 0 aliphatic rings. The van der Waals surface area contributed by atoms with Gasteiger partial charge in [-0.25, -0.2) is 0 Å². The second-order valence-corrected chi connectivity index (χ2v) is 5.89. The Labute approximate surface area is 168 Å². The molecule has 24 heavy (non-hydrogen) atoms. The Morgan fingerprint density at radius 3 is 2.46 bits per heavy atom. The van der Waals surface area contributed by atoms with E-state index < -0.39 is 0 Å². The highest BCUT2D eigenvalue weighted by Crippen LogP contribution is 2.09. The normalized spacial score (nSPS) is 11.3. The van der Waals surface area contributed by atoms with Gasteiger partial charge in [0.2, 0.25) is 0 Å². The third-order valence-corrected chi connectivity index (χ3v) is 3.77. The van der Waals surface area contributed by atoms with Crippen LogP contribution in [0.3, 0.4) is 0 Å². The number of guanidine groups is 1. The SMILES string of the molecule is CN=C(NCCc1ccc(Cl)cc1)NCCN(C)CCCOC.I. The predicted molar refractivity (Wildman–Crippen MR) is 114 cm³/mol. The Morgan fingerprint density at radius 2 is 1.83 bits per heavy atom. The first-order valence-corrected chi connectivity index (χ1v) is 8.40. The molecule has 0 aliphatic heterocycles. The van der Waals surface area contributed by atoms with Crippen LogP contribution in [-0.4, -0.2) is 64.9 Å². The van der Waals surface area contributed by atoms with Gasteiger partial charge < -0.3 is 20.3 Å². The highest BCUT2D eigenvalue weighted by Gasteiger charge is 2.01. The highest BCUT2D eigenvalue weighted by molar-refractivity contribution is 14.0. The quantitative estimate of drug-likeness (QED) is 0.240. The minimum absolute atomic E-state index is 0. The number of nitrogens with zero attached hydrogens (tertiary/aromatic N) is 2. The fourth-order valence-corrected chi connectivity index (χ4v) is 2.28. The van der Waals surface area contributed by atoms with Crippen LogP contribution in [0, 0.1) is 0 Å². The maximum Gasteiger partial charge on any atom is 0.191 e. The summed E-state index contributed by atoms with van der Waals surface area (Å²) in [6.07, 6.45) is 2.00. The number of methoxy groups -OCH3 is 1. The molecular weight excluding hydrogens is 439 g/mol. The van der Waals surface area contributed by atoms with Gasteiger partial charge in [0.25, 0.3) is 0 Å². The van der Waals surface area contributed by atoms with Crippen molar-refractivity contribution in [2.75, 3.05) is 54.0 Å². The van der Waals surface area contributed by atoms with Crippen LogP contribution in [0.15, 0.2) is 29.3 Å². The van der Waals surface area contributed by atoms with Crippen LogP contribution >= 0.6 is 35.6 Å². The van der Waals surface area contributed by atoms with Gasteiger partial charge in [0.1, 0.15) is 0 Å². The number of hydrogen-bond donors (Lipinski definition) is 2. The largest absolute Gasteiger partial charge is 0.385 e. The summed E-state index contributed by atoms with van der Waals surface area (Å²) in [5.41, 5.74) is 1.26. The van der Waals surface area contributed by atoms with Crippen molar-refractivity contribution in [3.8, 4) is 0 Å². The molecule has 0 spiro atoms. The van der Waals surface area contributed by atoms with Gasteiger partial charge >= 0.3 is 0 Å². The topological polar surface area (TPSA) is 48.9 Å². The van der Waals surface area contributed by atoms with Gasteiger partial charge in [-0.3, -0.25) is 4.99 Å². The van der Waals surface area contributed by atoms with Gasteiger partial charge in [-0.2, -0.15) is 0 Å². The van der Waals surface area contributed by atoms with Crippen molar-refractivity contribution in [3.63, 3.8) is 0 Å². The molecule has 0 atom stereocenters. The second-order valence-electron chi connectivity index (χ2n) is 5.45.